The predicted octanol–water partition coefficient (Wildman–Crippen LogP) is 2.77. The Balaban J connectivity index is 2.75. The molecule has 1 aromatic carbocycles. The van der Waals surface area contributed by atoms with E-state index in [2.05, 4.69) is 0 Å². The Morgan fingerprint density at radius 1 is 1.22 bits per heavy atom. The van der Waals surface area contributed by atoms with Crippen molar-refractivity contribution in [3.8, 4) is 0 Å². The van der Waals surface area contributed by atoms with E-state index < -0.39 is 11.9 Å². The average molecular weight is 321 g/mol. The van der Waals surface area contributed by atoms with Crippen LogP contribution in [-0.2, 0) is 14.3 Å². The van der Waals surface area contributed by atoms with Crippen LogP contribution >= 0.6 is 0 Å². The van der Waals surface area contributed by atoms with E-state index in [9.17, 15) is 9.59 Å². The fourth-order valence-electron chi connectivity index (χ4n) is 2.36. The first-order valence-electron chi connectivity index (χ1n) is 8.11. The van der Waals surface area contributed by atoms with Crippen molar-refractivity contribution >= 4 is 11.9 Å². The number of nitrogens with zero attached hydrogens (tertiary/aromatic N) is 1. The van der Waals surface area contributed by atoms with Gasteiger partial charge in [0.1, 0.15) is 0 Å². The van der Waals surface area contributed by atoms with Gasteiger partial charge in [-0.3, -0.25) is 9.59 Å². The molecular weight excluding hydrogens is 294 g/mol. The number of hydrogen-bond acceptors (Lipinski definition) is 3. The highest BCUT2D eigenvalue weighted by molar-refractivity contribution is 5.84. The third kappa shape index (κ3) is 6.40. The molecule has 0 spiro atoms. The van der Waals surface area contributed by atoms with Gasteiger partial charge in [-0.2, -0.15) is 0 Å². The predicted molar refractivity (Wildman–Crippen MR) is 89.3 cm³/mol. The van der Waals surface area contributed by atoms with Crippen LogP contribution in [0.15, 0.2) is 30.3 Å². The van der Waals surface area contributed by atoms with Crippen LogP contribution in [-0.4, -0.2) is 48.2 Å². The van der Waals surface area contributed by atoms with E-state index in [4.69, 9.17) is 9.84 Å². The van der Waals surface area contributed by atoms with E-state index in [1.165, 1.54) is 0 Å². The van der Waals surface area contributed by atoms with Gasteiger partial charge in [0.05, 0.1) is 11.8 Å². The van der Waals surface area contributed by atoms with Gasteiger partial charge in [0.15, 0.2) is 0 Å². The molecule has 0 aliphatic heterocycles. The highest BCUT2D eigenvalue weighted by Gasteiger charge is 2.25. The number of hydrogen-bond donors (Lipinski definition) is 1. The van der Waals surface area contributed by atoms with Crippen LogP contribution in [0, 0.1) is 5.92 Å². The van der Waals surface area contributed by atoms with Gasteiger partial charge >= 0.3 is 5.97 Å². The van der Waals surface area contributed by atoms with Crippen molar-refractivity contribution in [1.82, 2.24) is 4.90 Å². The highest BCUT2D eigenvalue weighted by Crippen LogP contribution is 2.18. The Morgan fingerprint density at radius 2 is 1.87 bits per heavy atom. The lowest BCUT2D eigenvalue weighted by Gasteiger charge is -2.27. The molecule has 128 valence electrons. The maximum Gasteiger partial charge on any atom is 0.308 e. The summed E-state index contributed by atoms with van der Waals surface area (Å²) in [6.45, 7) is 7.34. The number of ether oxygens (including phenoxy) is 1. The van der Waals surface area contributed by atoms with Gasteiger partial charge < -0.3 is 14.7 Å². The maximum atomic E-state index is 12.8. The summed E-state index contributed by atoms with van der Waals surface area (Å²) in [7, 11) is 0. The molecular formula is C18H27NO4. The van der Waals surface area contributed by atoms with Crippen LogP contribution < -0.4 is 0 Å². The van der Waals surface area contributed by atoms with E-state index in [0.29, 0.717) is 26.2 Å². The largest absolute Gasteiger partial charge is 0.481 e. The first kappa shape index (κ1) is 19.2. The molecule has 1 unspecified atom stereocenters. The minimum Gasteiger partial charge on any atom is -0.481 e. The molecule has 1 N–H and O–H groups in total. The number of aliphatic carboxylic acids is 1. The van der Waals surface area contributed by atoms with Gasteiger partial charge in [0.25, 0.3) is 0 Å². The Bertz CT molecular complexity index is 489. The molecule has 0 heterocycles. The molecule has 5 nitrogen and oxygen atoms in total. The summed E-state index contributed by atoms with van der Waals surface area (Å²) < 4.78 is 5.31. The van der Waals surface area contributed by atoms with E-state index in [1.54, 1.807) is 11.8 Å². The number of carbonyl (C=O) groups is 2. The third-order valence-corrected chi connectivity index (χ3v) is 3.82. The first-order chi connectivity index (χ1) is 11.0. The Labute approximate surface area is 138 Å². The highest BCUT2D eigenvalue weighted by atomic mass is 16.5. The van der Waals surface area contributed by atoms with Gasteiger partial charge in [-0.05, 0) is 25.8 Å². The molecule has 1 aromatic rings. The SMILES string of the molecule is CCOCCCN(CC(C)C(=O)O)C(=O)[C@@H](C)c1ccccc1. The number of carbonyl (C=O) groups excluding carboxylic acids is 1. The summed E-state index contributed by atoms with van der Waals surface area (Å²) in [4.78, 5) is 25.5. The van der Waals surface area contributed by atoms with Crippen LogP contribution in [0.3, 0.4) is 0 Å². The lowest BCUT2D eigenvalue weighted by molar-refractivity contribution is -0.143. The van der Waals surface area contributed by atoms with Crippen LogP contribution in [0.5, 0.6) is 0 Å². The zero-order valence-electron chi connectivity index (χ0n) is 14.2. The zero-order valence-corrected chi connectivity index (χ0v) is 14.2. The smallest absolute Gasteiger partial charge is 0.308 e. The second-order valence-electron chi connectivity index (χ2n) is 5.71. The Morgan fingerprint density at radius 3 is 2.43 bits per heavy atom. The van der Waals surface area contributed by atoms with E-state index >= 15 is 0 Å². The zero-order chi connectivity index (χ0) is 17.2. The lowest BCUT2D eigenvalue weighted by Crippen LogP contribution is -2.40. The Kier molecular flexibility index (Phi) is 8.33. The van der Waals surface area contributed by atoms with E-state index in [-0.39, 0.29) is 18.4 Å². The van der Waals surface area contributed by atoms with Gasteiger partial charge in [-0.1, -0.05) is 37.3 Å². The molecule has 2 atom stereocenters. The fraction of sp³-hybridized carbons (Fsp3) is 0.556. The summed E-state index contributed by atoms with van der Waals surface area (Å²) in [6, 6.07) is 9.55. The van der Waals surface area contributed by atoms with Crippen LogP contribution in [0.2, 0.25) is 0 Å². The molecule has 0 aliphatic carbocycles. The molecule has 0 radical (unpaired) electrons. The molecule has 1 amide bonds. The van der Waals surface area contributed by atoms with Crippen molar-refractivity contribution in [1.29, 1.82) is 0 Å². The normalized spacial score (nSPS) is 13.3. The molecule has 0 saturated heterocycles. The van der Waals surface area contributed by atoms with Crippen LogP contribution in [0.25, 0.3) is 0 Å². The number of carboxylic acid groups (broad SMARTS) is 1. The number of amides is 1. The monoisotopic (exact) mass is 321 g/mol. The third-order valence-electron chi connectivity index (χ3n) is 3.82. The minimum atomic E-state index is -0.889. The lowest BCUT2D eigenvalue weighted by atomic mass is 9.99. The minimum absolute atomic E-state index is 0.0409. The molecule has 0 fully saturated rings. The quantitative estimate of drug-likeness (QED) is 0.673. The number of rotatable bonds is 10. The molecule has 1 rings (SSSR count). The van der Waals surface area contributed by atoms with Crippen LogP contribution in [0.1, 0.15) is 38.7 Å². The summed E-state index contributed by atoms with van der Waals surface area (Å²) in [5.74, 6) is -1.81. The van der Waals surface area contributed by atoms with E-state index in [0.717, 1.165) is 5.56 Å². The fourth-order valence-corrected chi connectivity index (χ4v) is 2.36. The second kappa shape index (κ2) is 10.0. The molecule has 23 heavy (non-hydrogen) atoms. The molecule has 0 saturated carbocycles. The van der Waals surface area contributed by atoms with Crippen molar-refractivity contribution in [3.05, 3.63) is 35.9 Å². The summed E-state index contributed by atoms with van der Waals surface area (Å²) in [5.41, 5.74) is 0.940. The van der Waals surface area contributed by atoms with Gasteiger partial charge in [0.2, 0.25) is 5.91 Å². The standard InChI is InChI=1S/C18H27NO4/c1-4-23-12-8-11-19(13-14(2)18(21)22)17(20)15(3)16-9-6-5-7-10-16/h5-7,9-10,14-15H,4,8,11-13H2,1-3H3,(H,21,22)/t14?,15-/m0/s1. The van der Waals surface area contributed by atoms with Crippen molar-refractivity contribution in [2.75, 3.05) is 26.3 Å². The molecule has 0 aromatic heterocycles. The number of benzene rings is 1. The van der Waals surface area contributed by atoms with Crippen molar-refractivity contribution < 1.29 is 19.4 Å². The molecule has 0 bridgehead atoms. The van der Waals surface area contributed by atoms with Crippen molar-refractivity contribution in [2.45, 2.75) is 33.1 Å². The molecule has 0 aliphatic rings. The van der Waals surface area contributed by atoms with E-state index in [1.807, 2.05) is 44.2 Å². The van der Waals surface area contributed by atoms with Gasteiger partial charge in [-0.25, -0.2) is 0 Å². The van der Waals surface area contributed by atoms with Gasteiger partial charge in [-0.15, -0.1) is 0 Å². The topological polar surface area (TPSA) is 66.8 Å². The Hall–Kier alpha value is -1.88. The van der Waals surface area contributed by atoms with Crippen LogP contribution in [0.4, 0.5) is 0 Å². The number of carboxylic acids is 1. The maximum absolute atomic E-state index is 12.8. The van der Waals surface area contributed by atoms with Crippen molar-refractivity contribution in [2.24, 2.45) is 5.92 Å². The first-order valence-corrected chi connectivity index (χ1v) is 8.11. The second-order valence-corrected chi connectivity index (χ2v) is 5.71. The summed E-state index contributed by atoms with van der Waals surface area (Å²) >= 11 is 0. The van der Waals surface area contributed by atoms with Crippen molar-refractivity contribution in [3.63, 3.8) is 0 Å². The van der Waals surface area contributed by atoms with Gasteiger partial charge in [0, 0.05) is 26.3 Å². The molecule has 5 heteroatoms. The average Bonchev–Trinajstić information content (AvgIpc) is 2.56. The summed E-state index contributed by atoms with van der Waals surface area (Å²) in [6.07, 6.45) is 0.702. The summed E-state index contributed by atoms with van der Waals surface area (Å²) in [5, 5.41) is 9.12.